The minimum atomic E-state index is -0.535. The van der Waals surface area contributed by atoms with Crippen molar-refractivity contribution in [1.29, 1.82) is 0 Å². The average Bonchev–Trinajstić information content (AvgIpc) is 2.82. The number of likely N-dealkylation sites (tertiary alicyclic amines) is 1. The van der Waals surface area contributed by atoms with Crippen LogP contribution in [0.15, 0.2) is 77.6 Å². The first-order valence-corrected chi connectivity index (χ1v) is 11.3. The highest BCUT2D eigenvalue weighted by Crippen LogP contribution is 2.26. The van der Waals surface area contributed by atoms with Gasteiger partial charge in [-0.15, -0.1) is 0 Å². The van der Waals surface area contributed by atoms with Crippen LogP contribution in [-0.2, 0) is 6.42 Å². The molecule has 0 saturated carbocycles. The van der Waals surface area contributed by atoms with E-state index in [0.29, 0.717) is 36.5 Å². The van der Waals surface area contributed by atoms with Crippen molar-refractivity contribution in [2.75, 3.05) is 18.4 Å². The fourth-order valence-corrected chi connectivity index (χ4v) is 4.43. The van der Waals surface area contributed by atoms with E-state index in [2.05, 4.69) is 22.4 Å². The lowest BCUT2D eigenvalue weighted by Gasteiger charge is -2.43. The van der Waals surface area contributed by atoms with E-state index in [9.17, 15) is 14.0 Å². The Bertz CT molecular complexity index is 1400. The number of aromatic amines is 1. The maximum atomic E-state index is 14.6. The first-order valence-electron chi connectivity index (χ1n) is 11.3. The van der Waals surface area contributed by atoms with E-state index in [1.807, 2.05) is 42.5 Å². The number of anilines is 1. The fraction of sp³-hybridized carbons (Fsp3) is 0.222. The predicted octanol–water partition coefficient (Wildman–Crippen LogP) is 4.23. The van der Waals surface area contributed by atoms with Crippen LogP contribution in [0, 0.1) is 11.7 Å². The fourth-order valence-electron chi connectivity index (χ4n) is 4.43. The van der Waals surface area contributed by atoms with Crippen LogP contribution in [0.3, 0.4) is 0 Å². The molecular formula is C27H25FN4O2. The third kappa shape index (κ3) is 4.29. The number of amides is 1. The summed E-state index contributed by atoms with van der Waals surface area (Å²) in [6.07, 6.45) is 0.374. The molecule has 4 aromatic rings. The molecule has 0 bridgehead atoms. The van der Waals surface area contributed by atoms with Gasteiger partial charge in [-0.05, 0) is 42.8 Å². The number of fused-ring (bicyclic) bond motifs is 1. The Morgan fingerprint density at radius 3 is 2.56 bits per heavy atom. The van der Waals surface area contributed by atoms with Crippen molar-refractivity contribution < 1.29 is 9.18 Å². The van der Waals surface area contributed by atoms with E-state index < -0.39 is 5.82 Å². The van der Waals surface area contributed by atoms with Crippen LogP contribution in [0.25, 0.3) is 10.8 Å². The molecule has 172 valence electrons. The quantitative estimate of drug-likeness (QED) is 0.455. The summed E-state index contributed by atoms with van der Waals surface area (Å²) in [6.45, 7) is 3.26. The molecule has 1 aliphatic heterocycles. The second kappa shape index (κ2) is 9.09. The normalized spacial score (nSPS) is 14.6. The maximum absolute atomic E-state index is 14.6. The van der Waals surface area contributed by atoms with Gasteiger partial charge in [0.05, 0.1) is 16.6 Å². The summed E-state index contributed by atoms with van der Waals surface area (Å²) in [5, 5.41) is 11.5. The molecule has 0 spiro atoms. The molecule has 6 nitrogen and oxygen atoms in total. The number of H-pyrrole nitrogens is 1. The molecule has 1 amide bonds. The number of carbonyl (C=O) groups excluding carboxylic acids is 1. The first kappa shape index (κ1) is 21.8. The Hall–Kier alpha value is -4.00. The number of benzene rings is 3. The lowest BCUT2D eigenvalue weighted by atomic mass is 9.91. The third-order valence-electron chi connectivity index (χ3n) is 6.48. The summed E-state index contributed by atoms with van der Waals surface area (Å²) in [7, 11) is 0. The van der Waals surface area contributed by atoms with E-state index in [0.717, 1.165) is 16.6 Å². The number of hydrogen-bond acceptors (Lipinski definition) is 4. The van der Waals surface area contributed by atoms with Gasteiger partial charge in [-0.2, -0.15) is 5.10 Å². The zero-order valence-electron chi connectivity index (χ0n) is 18.8. The topological polar surface area (TPSA) is 78.1 Å². The van der Waals surface area contributed by atoms with Crippen LogP contribution in [0.1, 0.15) is 28.5 Å². The van der Waals surface area contributed by atoms with Crippen LogP contribution < -0.4 is 10.9 Å². The van der Waals surface area contributed by atoms with Crippen molar-refractivity contribution >= 4 is 22.4 Å². The molecule has 2 N–H and O–H groups in total. The van der Waals surface area contributed by atoms with Gasteiger partial charge in [-0.3, -0.25) is 9.59 Å². The number of hydrogen-bond donors (Lipinski definition) is 2. The maximum Gasteiger partial charge on any atom is 0.272 e. The van der Waals surface area contributed by atoms with Crippen molar-refractivity contribution in [3.63, 3.8) is 0 Å². The zero-order chi connectivity index (χ0) is 23.7. The van der Waals surface area contributed by atoms with Gasteiger partial charge < -0.3 is 10.2 Å². The van der Waals surface area contributed by atoms with Gasteiger partial charge in [0.2, 0.25) is 0 Å². The molecule has 1 saturated heterocycles. The highest BCUT2D eigenvalue weighted by molar-refractivity contribution is 5.95. The molecular weight excluding hydrogens is 431 g/mol. The number of aromatic nitrogens is 2. The Labute approximate surface area is 196 Å². The SMILES string of the molecule is CC(Nc1ccccc1)C1CN(C(=O)c2cc(Cc3n[nH]c(=O)c4ccccc34)ccc2F)C1. The minimum absolute atomic E-state index is 0.0633. The van der Waals surface area contributed by atoms with Gasteiger partial charge in [0, 0.05) is 42.5 Å². The third-order valence-corrected chi connectivity index (χ3v) is 6.48. The molecule has 2 heterocycles. The Kier molecular flexibility index (Phi) is 5.84. The summed E-state index contributed by atoms with van der Waals surface area (Å²) in [6, 6.07) is 22.0. The van der Waals surface area contributed by atoms with Crippen molar-refractivity contribution in [2.24, 2.45) is 5.92 Å². The Balaban J connectivity index is 1.29. The van der Waals surface area contributed by atoms with Crippen LogP contribution in [0.5, 0.6) is 0 Å². The van der Waals surface area contributed by atoms with E-state index >= 15 is 0 Å². The average molecular weight is 457 g/mol. The van der Waals surface area contributed by atoms with Crippen LogP contribution in [0.2, 0.25) is 0 Å². The predicted molar refractivity (Wildman–Crippen MR) is 130 cm³/mol. The largest absolute Gasteiger partial charge is 0.382 e. The van der Waals surface area contributed by atoms with Crippen molar-refractivity contribution in [3.05, 3.63) is 106 Å². The van der Waals surface area contributed by atoms with E-state index in [-0.39, 0.29) is 23.1 Å². The molecule has 5 rings (SSSR count). The molecule has 1 atom stereocenters. The van der Waals surface area contributed by atoms with Crippen molar-refractivity contribution in [1.82, 2.24) is 15.1 Å². The van der Waals surface area contributed by atoms with Crippen LogP contribution >= 0.6 is 0 Å². The Morgan fingerprint density at radius 2 is 1.79 bits per heavy atom. The molecule has 1 fully saturated rings. The number of para-hydroxylation sites is 1. The summed E-state index contributed by atoms with van der Waals surface area (Å²) >= 11 is 0. The van der Waals surface area contributed by atoms with Crippen molar-refractivity contribution in [2.45, 2.75) is 19.4 Å². The number of halogens is 1. The number of nitrogens with zero attached hydrogens (tertiary/aromatic N) is 2. The van der Waals surface area contributed by atoms with Crippen LogP contribution in [0.4, 0.5) is 10.1 Å². The highest BCUT2D eigenvalue weighted by atomic mass is 19.1. The van der Waals surface area contributed by atoms with Crippen molar-refractivity contribution in [3.8, 4) is 0 Å². The lowest BCUT2D eigenvalue weighted by Crippen LogP contribution is -2.55. The lowest BCUT2D eigenvalue weighted by molar-refractivity contribution is 0.0471. The molecule has 3 aromatic carbocycles. The number of rotatable bonds is 6. The minimum Gasteiger partial charge on any atom is -0.382 e. The summed E-state index contributed by atoms with van der Waals surface area (Å²) < 4.78 is 14.6. The molecule has 1 aliphatic rings. The van der Waals surface area contributed by atoms with E-state index in [4.69, 9.17) is 0 Å². The molecule has 1 unspecified atom stereocenters. The van der Waals surface area contributed by atoms with Gasteiger partial charge in [0.1, 0.15) is 5.82 Å². The number of carbonyl (C=O) groups is 1. The van der Waals surface area contributed by atoms with E-state index in [1.165, 1.54) is 6.07 Å². The van der Waals surface area contributed by atoms with E-state index in [1.54, 1.807) is 29.2 Å². The zero-order valence-corrected chi connectivity index (χ0v) is 18.8. The standard InChI is InChI=1S/C27H25FN4O2/c1-17(29-20-7-3-2-4-8-20)19-15-32(16-19)27(34)23-13-18(11-12-24(23)28)14-25-21-9-5-6-10-22(21)26(33)31-30-25/h2-13,17,19,29H,14-16H2,1H3,(H,31,33). The van der Waals surface area contributed by atoms with Gasteiger partial charge >= 0.3 is 0 Å². The molecule has 0 radical (unpaired) electrons. The van der Waals surface area contributed by atoms with Gasteiger partial charge in [0.15, 0.2) is 0 Å². The summed E-state index contributed by atoms with van der Waals surface area (Å²) in [5.74, 6) is -0.541. The van der Waals surface area contributed by atoms with Gasteiger partial charge in [0.25, 0.3) is 11.5 Å². The second-order valence-corrected chi connectivity index (χ2v) is 8.81. The molecule has 0 aliphatic carbocycles. The Morgan fingerprint density at radius 1 is 1.09 bits per heavy atom. The highest BCUT2D eigenvalue weighted by Gasteiger charge is 2.35. The van der Waals surface area contributed by atoms with Gasteiger partial charge in [-0.1, -0.05) is 42.5 Å². The summed E-state index contributed by atoms with van der Waals surface area (Å²) in [5.41, 5.74) is 2.28. The molecule has 1 aromatic heterocycles. The van der Waals surface area contributed by atoms with Gasteiger partial charge in [-0.25, -0.2) is 9.49 Å². The van der Waals surface area contributed by atoms with Crippen LogP contribution in [-0.4, -0.2) is 40.1 Å². The smallest absolute Gasteiger partial charge is 0.272 e. The monoisotopic (exact) mass is 456 g/mol. The summed E-state index contributed by atoms with van der Waals surface area (Å²) in [4.78, 5) is 26.8. The number of nitrogens with one attached hydrogen (secondary N) is 2. The molecule has 7 heteroatoms. The first-order chi connectivity index (χ1) is 16.5. The second-order valence-electron chi connectivity index (χ2n) is 8.81. The molecule has 34 heavy (non-hydrogen) atoms.